The molecule has 2 rings (SSSR count). The number of hydrogen-bond donors (Lipinski definition) is 1. The Morgan fingerprint density at radius 1 is 1.22 bits per heavy atom. The van der Waals surface area contributed by atoms with E-state index in [0.29, 0.717) is 10.8 Å². The van der Waals surface area contributed by atoms with Gasteiger partial charge < -0.3 is 10.1 Å². The van der Waals surface area contributed by atoms with Gasteiger partial charge in [-0.25, -0.2) is 4.79 Å². The van der Waals surface area contributed by atoms with E-state index < -0.39 is 5.97 Å². The summed E-state index contributed by atoms with van der Waals surface area (Å²) in [6, 6.07) is 11.3. The zero-order chi connectivity index (χ0) is 16.8. The monoisotopic (exact) mass is 331 g/mol. The number of carbonyl (C=O) groups is 2. The minimum atomic E-state index is -0.464. The number of para-hydroxylation sites is 1. The van der Waals surface area contributed by atoms with E-state index in [1.807, 2.05) is 37.3 Å². The Kier molecular flexibility index (Phi) is 5.93. The number of anilines is 1. The lowest BCUT2D eigenvalue weighted by atomic mass is 9.97. The van der Waals surface area contributed by atoms with Gasteiger partial charge in [0.05, 0.1) is 0 Å². The van der Waals surface area contributed by atoms with E-state index in [4.69, 9.17) is 4.74 Å². The molecule has 1 atom stereocenters. The summed E-state index contributed by atoms with van der Waals surface area (Å²) >= 11 is 1.35. The average Bonchev–Trinajstić information content (AvgIpc) is 2.99. The van der Waals surface area contributed by atoms with E-state index in [-0.39, 0.29) is 12.5 Å². The summed E-state index contributed by atoms with van der Waals surface area (Å²) in [6.07, 6.45) is 0.986. The van der Waals surface area contributed by atoms with Crippen molar-refractivity contribution in [2.45, 2.75) is 33.1 Å². The molecule has 4 nitrogen and oxygen atoms in total. The third-order valence-electron chi connectivity index (χ3n) is 3.65. The van der Waals surface area contributed by atoms with Gasteiger partial charge in [0.25, 0.3) is 5.91 Å². The number of ether oxygens (including phenoxy) is 1. The van der Waals surface area contributed by atoms with Crippen LogP contribution in [0.2, 0.25) is 0 Å². The van der Waals surface area contributed by atoms with Crippen LogP contribution in [0.15, 0.2) is 36.4 Å². The molecule has 0 saturated carbocycles. The number of amides is 1. The Morgan fingerprint density at radius 2 is 1.96 bits per heavy atom. The zero-order valence-corrected chi connectivity index (χ0v) is 14.4. The van der Waals surface area contributed by atoms with Gasteiger partial charge in [0.15, 0.2) is 6.61 Å². The topological polar surface area (TPSA) is 55.4 Å². The Bertz CT molecular complexity index is 693. The van der Waals surface area contributed by atoms with Crippen molar-refractivity contribution in [3.05, 3.63) is 51.7 Å². The molecule has 0 spiro atoms. The predicted molar refractivity (Wildman–Crippen MR) is 93.1 cm³/mol. The highest BCUT2D eigenvalue weighted by Gasteiger charge is 2.14. The lowest BCUT2D eigenvalue weighted by Crippen LogP contribution is -2.21. The van der Waals surface area contributed by atoms with Crippen molar-refractivity contribution >= 4 is 28.9 Å². The second-order valence-electron chi connectivity index (χ2n) is 5.43. The molecule has 0 bridgehead atoms. The van der Waals surface area contributed by atoms with Crippen molar-refractivity contribution in [3.63, 3.8) is 0 Å². The van der Waals surface area contributed by atoms with Crippen molar-refractivity contribution in [1.82, 2.24) is 0 Å². The molecule has 1 aromatic heterocycles. The highest BCUT2D eigenvalue weighted by atomic mass is 32.1. The minimum Gasteiger partial charge on any atom is -0.451 e. The van der Waals surface area contributed by atoms with Crippen LogP contribution in [0.3, 0.4) is 0 Å². The second-order valence-corrected chi connectivity index (χ2v) is 6.72. The molecule has 1 N–H and O–H groups in total. The van der Waals surface area contributed by atoms with Crippen LogP contribution in [0, 0.1) is 6.92 Å². The first-order chi connectivity index (χ1) is 11.0. The number of aryl methyl sites for hydroxylation is 1. The summed E-state index contributed by atoms with van der Waals surface area (Å²) in [5.74, 6) is -0.445. The molecule has 0 fully saturated rings. The molecule has 122 valence electrons. The van der Waals surface area contributed by atoms with Gasteiger partial charge >= 0.3 is 5.97 Å². The number of nitrogens with one attached hydrogen (secondary N) is 1. The molecule has 1 heterocycles. The summed E-state index contributed by atoms with van der Waals surface area (Å²) in [5, 5.41) is 2.83. The third-order valence-corrected chi connectivity index (χ3v) is 4.63. The van der Waals surface area contributed by atoms with Crippen LogP contribution in [0.1, 0.15) is 46.3 Å². The smallest absolute Gasteiger partial charge is 0.348 e. The van der Waals surface area contributed by atoms with E-state index >= 15 is 0 Å². The van der Waals surface area contributed by atoms with Crippen LogP contribution >= 0.6 is 11.3 Å². The number of rotatable bonds is 6. The van der Waals surface area contributed by atoms with Crippen LogP contribution in [0.5, 0.6) is 0 Å². The van der Waals surface area contributed by atoms with Crippen LogP contribution in [0.25, 0.3) is 0 Å². The van der Waals surface area contributed by atoms with E-state index in [1.54, 1.807) is 6.07 Å². The van der Waals surface area contributed by atoms with Gasteiger partial charge in [-0.3, -0.25) is 4.79 Å². The van der Waals surface area contributed by atoms with E-state index in [1.165, 1.54) is 11.3 Å². The zero-order valence-electron chi connectivity index (χ0n) is 13.6. The predicted octanol–water partition coefficient (Wildman–Crippen LogP) is 4.37. The molecule has 0 aliphatic carbocycles. The van der Waals surface area contributed by atoms with Gasteiger partial charge in [-0.15, -0.1) is 11.3 Å². The molecule has 23 heavy (non-hydrogen) atoms. The molecule has 0 aliphatic heterocycles. The van der Waals surface area contributed by atoms with Crippen molar-refractivity contribution < 1.29 is 14.3 Å². The fraction of sp³-hybridized carbons (Fsp3) is 0.333. The van der Waals surface area contributed by atoms with Crippen LogP contribution in [0.4, 0.5) is 5.69 Å². The standard InChI is InChI=1S/C18H21NO3S/c1-4-12(2)14-7-5-6-8-15(14)19-17(20)11-22-18(21)16-10-9-13(3)23-16/h5-10,12H,4,11H2,1-3H3,(H,19,20)/t12-/m1/s1. The first kappa shape index (κ1) is 17.2. The molecule has 0 aliphatic rings. The van der Waals surface area contributed by atoms with Gasteiger partial charge in [-0.05, 0) is 43.0 Å². The molecule has 1 amide bonds. The van der Waals surface area contributed by atoms with Crippen molar-refractivity contribution in [2.75, 3.05) is 11.9 Å². The third kappa shape index (κ3) is 4.66. The van der Waals surface area contributed by atoms with Gasteiger partial charge in [0, 0.05) is 10.6 Å². The number of carbonyl (C=O) groups excluding carboxylic acids is 2. The van der Waals surface area contributed by atoms with Crippen LogP contribution < -0.4 is 5.32 Å². The van der Waals surface area contributed by atoms with E-state index in [2.05, 4.69) is 19.2 Å². The Morgan fingerprint density at radius 3 is 2.61 bits per heavy atom. The Hall–Kier alpha value is -2.14. The molecule has 0 saturated heterocycles. The quantitative estimate of drug-likeness (QED) is 0.800. The number of hydrogen-bond acceptors (Lipinski definition) is 4. The largest absolute Gasteiger partial charge is 0.451 e. The highest BCUT2D eigenvalue weighted by molar-refractivity contribution is 7.13. The van der Waals surface area contributed by atoms with Gasteiger partial charge in [0.2, 0.25) is 0 Å². The number of thiophene rings is 1. The van der Waals surface area contributed by atoms with Crippen LogP contribution in [-0.2, 0) is 9.53 Å². The fourth-order valence-corrected chi connectivity index (χ4v) is 2.95. The summed E-state index contributed by atoms with van der Waals surface area (Å²) in [6.45, 7) is 5.85. The summed E-state index contributed by atoms with van der Waals surface area (Å²) in [5.41, 5.74) is 1.86. The van der Waals surface area contributed by atoms with Crippen molar-refractivity contribution in [1.29, 1.82) is 0 Å². The normalized spacial score (nSPS) is 11.8. The average molecular weight is 331 g/mol. The first-order valence-corrected chi connectivity index (χ1v) is 8.45. The van der Waals surface area contributed by atoms with E-state index in [9.17, 15) is 9.59 Å². The minimum absolute atomic E-state index is 0.287. The Labute approximate surface area is 140 Å². The maximum atomic E-state index is 12.0. The lowest BCUT2D eigenvalue weighted by Gasteiger charge is -2.15. The lowest BCUT2D eigenvalue weighted by molar-refractivity contribution is -0.119. The molecule has 0 radical (unpaired) electrons. The highest BCUT2D eigenvalue weighted by Crippen LogP contribution is 2.26. The van der Waals surface area contributed by atoms with Crippen LogP contribution in [-0.4, -0.2) is 18.5 Å². The molecule has 5 heteroatoms. The van der Waals surface area contributed by atoms with Gasteiger partial charge in [0.1, 0.15) is 4.88 Å². The number of esters is 1. The van der Waals surface area contributed by atoms with E-state index in [0.717, 1.165) is 22.5 Å². The molecular weight excluding hydrogens is 310 g/mol. The van der Waals surface area contributed by atoms with Crippen molar-refractivity contribution in [3.8, 4) is 0 Å². The molecular formula is C18H21NO3S. The van der Waals surface area contributed by atoms with Gasteiger partial charge in [-0.1, -0.05) is 32.0 Å². The maximum absolute atomic E-state index is 12.0. The summed E-state index contributed by atoms with van der Waals surface area (Å²) in [7, 11) is 0. The first-order valence-electron chi connectivity index (χ1n) is 7.63. The molecule has 2 aromatic rings. The number of benzene rings is 1. The van der Waals surface area contributed by atoms with Crippen molar-refractivity contribution in [2.24, 2.45) is 0 Å². The molecule has 0 unspecified atom stereocenters. The molecule has 1 aromatic carbocycles. The van der Waals surface area contributed by atoms with Gasteiger partial charge in [-0.2, -0.15) is 0 Å². The Balaban J connectivity index is 1.94. The second kappa shape index (κ2) is 7.92. The summed E-state index contributed by atoms with van der Waals surface area (Å²) < 4.78 is 5.06. The summed E-state index contributed by atoms with van der Waals surface area (Å²) in [4.78, 5) is 25.4. The SMILES string of the molecule is CC[C@@H](C)c1ccccc1NC(=O)COC(=O)c1ccc(C)s1. The fourth-order valence-electron chi connectivity index (χ4n) is 2.19. The maximum Gasteiger partial charge on any atom is 0.348 e.